The third-order valence-corrected chi connectivity index (χ3v) is 4.50. The maximum atomic E-state index is 12.2. The van der Waals surface area contributed by atoms with Gasteiger partial charge in [0.2, 0.25) is 0 Å². The van der Waals surface area contributed by atoms with Gasteiger partial charge < -0.3 is 20.2 Å². The second-order valence-corrected chi connectivity index (χ2v) is 6.90. The van der Waals surface area contributed by atoms with Gasteiger partial charge in [0.25, 0.3) is 0 Å². The van der Waals surface area contributed by atoms with E-state index in [1.165, 1.54) is 4.90 Å². The molecule has 1 aromatic rings. The molecule has 7 heteroatoms. The van der Waals surface area contributed by atoms with Crippen molar-refractivity contribution >= 4 is 33.6 Å². The molecule has 2 N–H and O–H groups in total. The van der Waals surface area contributed by atoms with Crippen molar-refractivity contribution < 1.29 is 14.7 Å². The van der Waals surface area contributed by atoms with Gasteiger partial charge in [0, 0.05) is 42.9 Å². The van der Waals surface area contributed by atoms with E-state index in [0.717, 1.165) is 29.7 Å². The summed E-state index contributed by atoms with van der Waals surface area (Å²) in [4.78, 5) is 26.7. The molecule has 2 atom stereocenters. The number of benzene rings is 1. The van der Waals surface area contributed by atoms with Gasteiger partial charge in [-0.1, -0.05) is 28.9 Å². The van der Waals surface area contributed by atoms with Crippen LogP contribution < -0.4 is 10.2 Å². The van der Waals surface area contributed by atoms with Crippen molar-refractivity contribution in [3.05, 3.63) is 28.7 Å². The fraction of sp³-hybridized carbons (Fsp3) is 0.500. The van der Waals surface area contributed by atoms with E-state index in [0.29, 0.717) is 0 Å². The van der Waals surface area contributed by atoms with Crippen molar-refractivity contribution in [3.8, 4) is 0 Å². The van der Waals surface area contributed by atoms with E-state index < -0.39 is 11.9 Å². The maximum Gasteiger partial charge on any atom is 0.317 e. The number of carboxylic acids is 1. The van der Waals surface area contributed by atoms with E-state index in [2.05, 4.69) is 38.3 Å². The molecule has 0 aliphatic carbocycles. The number of carboxylic acid groups (broad SMARTS) is 1. The highest BCUT2D eigenvalue weighted by molar-refractivity contribution is 9.10. The molecule has 1 heterocycles. The number of carbonyl (C=O) groups is 2. The van der Waals surface area contributed by atoms with Crippen molar-refractivity contribution in [1.29, 1.82) is 0 Å². The van der Waals surface area contributed by atoms with Gasteiger partial charge in [0.05, 0.1) is 5.92 Å². The van der Waals surface area contributed by atoms with Crippen molar-refractivity contribution in [2.75, 3.05) is 31.6 Å². The van der Waals surface area contributed by atoms with Crippen LogP contribution in [0.2, 0.25) is 0 Å². The minimum Gasteiger partial charge on any atom is -0.481 e. The van der Waals surface area contributed by atoms with Crippen LogP contribution in [0, 0.1) is 5.92 Å². The van der Waals surface area contributed by atoms with Gasteiger partial charge in [0.1, 0.15) is 0 Å². The topological polar surface area (TPSA) is 72.9 Å². The number of halogens is 1. The highest BCUT2D eigenvalue weighted by Crippen LogP contribution is 2.23. The van der Waals surface area contributed by atoms with E-state index in [-0.39, 0.29) is 18.6 Å². The molecule has 126 valence electrons. The number of amides is 2. The van der Waals surface area contributed by atoms with Crippen LogP contribution in [0.1, 0.15) is 13.3 Å². The lowest BCUT2D eigenvalue weighted by atomic mass is 10.2. The highest BCUT2D eigenvalue weighted by Gasteiger charge is 2.26. The molecular formula is C16H22BrN3O3. The lowest BCUT2D eigenvalue weighted by Gasteiger charge is -2.23. The summed E-state index contributed by atoms with van der Waals surface area (Å²) in [6, 6.07) is 7.94. The second kappa shape index (κ2) is 7.68. The van der Waals surface area contributed by atoms with E-state index in [1.807, 2.05) is 12.1 Å². The zero-order valence-electron chi connectivity index (χ0n) is 13.3. The predicted molar refractivity (Wildman–Crippen MR) is 92.7 cm³/mol. The fourth-order valence-corrected chi connectivity index (χ4v) is 3.03. The van der Waals surface area contributed by atoms with E-state index in [1.54, 1.807) is 14.0 Å². The maximum absolute atomic E-state index is 12.2. The molecule has 2 amide bonds. The van der Waals surface area contributed by atoms with Crippen LogP contribution in [0.25, 0.3) is 0 Å². The molecule has 0 radical (unpaired) electrons. The summed E-state index contributed by atoms with van der Waals surface area (Å²) >= 11 is 3.47. The number of urea groups is 1. The van der Waals surface area contributed by atoms with Gasteiger partial charge in [-0.25, -0.2) is 4.79 Å². The molecule has 2 rings (SSSR count). The molecule has 0 aromatic heterocycles. The Morgan fingerprint density at radius 2 is 2.26 bits per heavy atom. The van der Waals surface area contributed by atoms with Crippen LogP contribution in [-0.4, -0.2) is 54.7 Å². The van der Waals surface area contributed by atoms with Crippen molar-refractivity contribution in [2.24, 2.45) is 5.92 Å². The van der Waals surface area contributed by atoms with Gasteiger partial charge >= 0.3 is 12.0 Å². The number of nitrogens with zero attached hydrogens (tertiary/aromatic N) is 2. The SMILES string of the molecule is CC(CN(C)C(=O)NC1CCN(c2cccc(Br)c2)C1)C(=O)O. The molecule has 2 unspecified atom stereocenters. The Kier molecular flexibility index (Phi) is 5.87. The summed E-state index contributed by atoms with van der Waals surface area (Å²) in [6.45, 7) is 3.43. The Balaban J connectivity index is 1.85. The molecule has 1 saturated heterocycles. The Bertz CT molecular complexity index is 581. The number of rotatable bonds is 5. The van der Waals surface area contributed by atoms with Crippen LogP contribution in [0.3, 0.4) is 0 Å². The summed E-state index contributed by atoms with van der Waals surface area (Å²) in [6.07, 6.45) is 0.876. The molecule has 0 bridgehead atoms. The van der Waals surface area contributed by atoms with Crippen molar-refractivity contribution in [1.82, 2.24) is 10.2 Å². The Morgan fingerprint density at radius 1 is 1.52 bits per heavy atom. The van der Waals surface area contributed by atoms with Gasteiger partial charge in [0.15, 0.2) is 0 Å². The van der Waals surface area contributed by atoms with Gasteiger partial charge in [-0.05, 0) is 24.6 Å². The number of aliphatic carboxylic acids is 1. The first kappa shape index (κ1) is 17.6. The molecule has 1 aliphatic rings. The summed E-state index contributed by atoms with van der Waals surface area (Å²) in [5.41, 5.74) is 1.13. The molecule has 1 fully saturated rings. The molecule has 1 aromatic carbocycles. The average molecular weight is 384 g/mol. The smallest absolute Gasteiger partial charge is 0.317 e. The average Bonchev–Trinajstić information content (AvgIpc) is 2.95. The first-order valence-corrected chi connectivity index (χ1v) is 8.41. The zero-order valence-corrected chi connectivity index (χ0v) is 14.9. The van der Waals surface area contributed by atoms with E-state index in [4.69, 9.17) is 5.11 Å². The number of nitrogens with one attached hydrogen (secondary N) is 1. The third-order valence-electron chi connectivity index (χ3n) is 4.01. The van der Waals surface area contributed by atoms with Crippen LogP contribution in [0.4, 0.5) is 10.5 Å². The lowest BCUT2D eigenvalue weighted by molar-refractivity contribution is -0.141. The van der Waals surface area contributed by atoms with Crippen molar-refractivity contribution in [2.45, 2.75) is 19.4 Å². The van der Waals surface area contributed by atoms with Crippen LogP contribution in [0.15, 0.2) is 28.7 Å². The van der Waals surface area contributed by atoms with E-state index in [9.17, 15) is 9.59 Å². The van der Waals surface area contributed by atoms with Crippen LogP contribution in [-0.2, 0) is 4.79 Å². The van der Waals surface area contributed by atoms with Crippen LogP contribution >= 0.6 is 15.9 Å². The first-order valence-electron chi connectivity index (χ1n) is 7.61. The third kappa shape index (κ3) is 4.86. The number of anilines is 1. The van der Waals surface area contributed by atoms with Crippen molar-refractivity contribution in [3.63, 3.8) is 0 Å². The molecule has 6 nitrogen and oxygen atoms in total. The Morgan fingerprint density at radius 3 is 2.91 bits per heavy atom. The van der Waals surface area contributed by atoms with Gasteiger partial charge in [-0.3, -0.25) is 4.79 Å². The number of hydrogen-bond acceptors (Lipinski definition) is 3. The largest absolute Gasteiger partial charge is 0.481 e. The summed E-state index contributed by atoms with van der Waals surface area (Å²) in [5, 5.41) is 11.9. The standard InChI is InChI=1S/C16H22BrN3O3/c1-11(15(21)22)9-19(2)16(23)18-13-6-7-20(10-13)14-5-3-4-12(17)8-14/h3-5,8,11,13H,6-7,9-10H2,1-2H3,(H,18,23)(H,21,22). The predicted octanol–water partition coefficient (Wildman–Crippen LogP) is 2.39. The van der Waals surface area contributed by atoms with Gasteiger partial charge in [-0.15, -0.1) is 0 Å². The molecule has 0 saturated carbocycles. The fourth-order valence-electron chi connectivity index (χ4n) is 2.64. The molecule has 23 heavy (non-hydrogen) atoms. The summed E-state index contributed by atoms with van der Waals surface area (Å²) in [5.74, 6) is -1.47. The Labute approximate surface area is 144 Å². The highest BCUT2D eigenvalue weighted by atomic mass is 79.9. The molecule has 0 spiro atoms. The minimum absolute atomic E-state index is 0.0732. The quantitative estimate of drug-likeness (QED) is 0.818. The summed E-state index contributed by atoms with van der Waals surface area (Å²) in [7, 11) is 1.62. The van der Waals surface area contributed by atoms with Crippen LogP contribution in [0.5, 0.6) is 0 Å². The second-order valence-electron chi connectivity index (χ2n) is 5.98. The Hall–Kier alpha value is -1.76. The molecule has 1 aliphatic heterocycles. The summed E-state index contributed by atoms with van der Waals surface area (Å²) < 4.78 is 1.03. The monoisotopic (exact) mass is 383 g/mol. The van der Waals surface area contributed by atoms with E-state index >= 15 is 0 Å². The zero-order chi connectivity index (χ0) is 17.0. The normalized spacial score (nSPS) is 18.6. The number of carbonyl (C=O) groups excluding carboxylic acids is 1. The minimum atomic E-state index is -0.897. The first-order chi connectivity index (χ1) is 10.9. The number of hydrogen-bond donors (Lipinski definition) is 2. The molecular weight excluding hydrogens is 362 g/mol. The lowest BCUT2D eigenvalue weighted by Crippen LogP contribution is -2.46. The van der Waals surface area contributed by atoms with Gasteiger partial charge in [-0.2, -0.15) is 0 Å².